The third kappa shape index (κ3) is 2.99. The maximum atomic E-state index is 12.1. The molecule has 0 saturated heterocycles. The molecule has 0 aromatic carbocycles. The second kappa shape index (κ2) is 4.56. The quantitative estimate of drug-likeness (QED) is 0.870. The number of alkyl halides is 3. The molecular weight excluding hydrogens is 227 g/mol. The molecule has 1 rings (SSSR count). The SMILES string of the molecule is COc1c(OC(F)(F)F)cc(C)nc1CO. The molecule has 0 aliphatic heterocycles. The molecule has 0 spiro atoms. The van der Waals surface area contributed by atoms with Gasteiger partial charge in [-0.05, 0) is 6.92 Å². The van der Waals surface area contributed by atoms with E-state index in [0.29, 0.717) is 5.69 Å². The molecule has 0 amide bonds. The lowest BCUT2D eigenvalue weighted by molar-refractivity contribution is -0.275. The molecule has 0 unspecified atom stereocenters. The highest BCUT2D eigenvalue weighted by molar-refractivity contribution is 5.44. The Hall–Kier alpha value is -1.50. The summed E-state index contributed by atoms with van der Waals surface area (Å²) < 4.78 is 44.7. The van der Waals surface area contributed by atoms with Crippen molar-refractivity contribution in [3.8, 4) is 11.5 Å². The van der Waals surface area contributed by atoms with Crippen LogP contribution in [0, 0.1) is 6.92 Å². The number of hydrogen-bond acceptors (Lipinski definition) is 4. The van der Waals surface area contributed by atoms with Crippen LogP contribution in [0.15, 0.2) is 6.07 Å². The number of rotatable bonds is 3. The number of halogens is 3. The van der Waals surface area contributed by atoms with Gasteiger partial charge in [0.1, 0.15) is 5.69 Å². The van der Waals surface area contributed by atoms with E-state index in [-0.39, 0.29) is 11.4 Å². The molecule has 0 fully saturated rings. The van der Waals surface area contributed by atoms with E-state index in [4.69, 9.17) is 9.84 Å². The Morgan fingerprint density at radius 2 is 2.06 bits per heavy atom. The summed E-state index contributed by atoms with van der Waals surface area (Å²) in [4.78, 5) is 3.83. The van der Waals surface area contributed by atoms with E-state index in [1.165, 1.54) is 14.0 Å². The Labute approximate surface area is 89.6 Å². The van der Waals surface area contributed by atoms with Gasteiger partial charge in [-0.1, -0.05) is 0 Å². The van der Waals surface area contributed by atoms with E-state index in [9.17, 15) is 13.2 Å². The smallest absolute Gasteiger partial charge is 0.491 e. The van der Waals surface area contributed by atoms with Crippen LogP contribution in [0.5, 0.6) is 11.5 Å². The average molecular weight is 237 g/mol. The Kier molecular flexibility index (Phi) is 3.58. The van der Waals surface area contributed by atoms with Gasteiger partial charge in [0, 0.05) is 11.8 Å². The lowest BCUT2D eigenvalue weighted by Gasteiger charge is -2.14. The maximum absolute atomic E-state index is 12.1. The van der Waals surface area contributed by atoms with Crippen molar-refractivity contribution in [2.45, 2.75) is 19.9 Å². The fraction of sp³-hybridized carbons (Fsp3) is 0.444. The predicted octanol–water partition coefficient (Wildman–Crippen LogP) is 1.79. The molecule has 1 N–H and O–H groups in total. The first kappa shape index (κ1) is 12.6. The second-order valence-corrected chi connectivity index (χ2v) is 2.95. The van der Waals surface area contributed by atoms with Crippen LogP contribution in [0.2, 0.25) is 0 Å². The van der Waals surface area contributed by atoms with Gasteiger partial charge in [0.2, 0.25) is 0 Å². The summed E-state index contributed by atoms with van der Waals surface area (Å²) in [5.74, 6) is -0.725. The molecule has 16 heavy (non-hydrogen) atoms. The molecule has 0 saturated carbocycles. The van der Waals surface area contributed by atoms with E-state index in [0.717, 1.165) is 6.07 Å². The van der Waals surface area contributed by atoms with E-state index < -0.39 is 18.7 Å². The number of pyridine rings is 1. The van der Waals surface area contributed by atoms with Crippen molar-refractivity contribution >= 4 is 0 Å². The Morgan fingerprint density at radius 3 is 2.50 bits per heavy atom. The Morgan fingerprint density at radius 1 is 1.44 bits per heavy atom. The fourth-order valence-corrected chi connectivity index (χ4v) is 1.22. The first-order valence-corrected chi connectivity index (χ1v) is 4.28. The molecule has 0 atom stereocenters. The summed E-state index contributed by atoms with van der Waals surface area (Å²) in [7, 11) is 1.18. The summed E-state index contributed by atoms with van der Waals surface area (Å²) in [5, 5.41) is 8.92. The van der Waals surface area contributed by atoms with Crippen molar-refractivity contribution in [2.24, 2.45) is 0 Å². The minimum Gasteiger partial charge on any atom is -0.491 e. The van der Waals surface area contributed by atoms with E-state index in [2.05, 4.69) is 9.72 Å². The molecular formula is C9H10F3NO3. The summed E-state index contributed by atoms with van der Waals surface area (Å²) >= 11 is 0. The first-order valence-electron chi connectivity index (χ1n) is 4.28. The van der Waals surface area contributed by atoms with Crippen LogP contribution in [0.4, 0.5) is 13.2 Å². The molecule has 1 aromatic rings. The third-order valence-corrected chi connectivity index (χ3v) is 1.72. The van der Waals surface area contributed by atoms with Gasteiger partial charge in [-0.2, -0.15) is 0 Å². The lowest BCUT2D eigenvalue weighted by Crippen LogP contribution is -2.18. The van der Waals surface area contributed by atoms with Crippen LogP contribution in [0.1, 0.15) is 11.4 Å². The van der Waals surface area contributed by atoms with Crippen molar-refractivity contribution in [3.63, 3.8) is 0 Å². The van der Waals surface area contributed by atoms with Gasteiger partial charge in [0.05, 0.1) is 13.7 Å². The largest absolute Gasteiger partial charge is 0.573 e. The van der Waals surface area contributed by atoms with Crippen molar-refractivity contribution in [3.05, 3.63) is 17.5 Å². The summed E-state index contributed by atoms with van der Waals surface area (Å²) in [6.07, 6.45) is -4.81. The van der Waals surface area contributed by atoms with Gasteiger partial charge in [0.25, 0.3) is 0 Å². The number of aryl methyl sites for hydroxylation is 1. The molecule has 1 heterocycles. The molecule has 0 aliphatic carbocycles. The van der Waals surface area contributed by atoms with Crippen molar-refractivity contribution in [1.82, 2.24) is 4.98 Å². The van der Waals surface area contributed by atoms with Crippen LogP contribution >= 0.6 is 0 Å². The summed E-state index contributed by atoms with van der Waals surface area (Å²) in [6, 6.07) is 1.09. The third-order valence-electron chi connectivity index (χ3n) is 1.72. The van der Waals surface area contributed by atoms with Gasteiger partial charge >= 0.3 is 6.36 Å². The number of methoxy groups -OCH3 is 1. The lowest BCUT2D eigenvalue weighted by atomic mass is 10.2. The number of hydrogen-bond donors (Lipinski definition) is 1. The topological polar surface area (TPSA) is 51.6 Å². The van der Waals surface area contributed by atoms with Crippen LogP contribution < -0.4 is 9.47 Å². The van der Waals surface area contributed by atoms with Gasteiger partial charge in [-0.3, -0.25) is 4.98 Å². The van der Waals surface area contributed by atoms with Crippen LogP contribution in [0.25, 0.3) is 0 Å². The zero-order valence-electron chi connectivity index (χ0n) is 8.63. The number of aliphatic hydroxyl groups excluding tert-OH is 1. The normalized spacial score (nSPS) is 11.4. The molecule has 0 bridgehead atoms. The van der Waals surface area contributed by atoms with Crippen molar-refractivity contribution < 1.29 is 27.8 Å². The van der Waals surface area contributed by atoms with E-state index in [1.807, 2.05) is 0 Å². The van der Waals surface area contributed by atoms with E-state index in [1.54, 1.807) is 0 Å². The Balaban J connectivity index is 3.20. The van der Waals surface area contributed by atoms with Gasteiger partial charge in [0.15, 0.2) is 11.5 Å². The average Bonchev–Trinajstić information content (AvgIpc) is 2.14. The monoisotopic (exact) mass is 237 g/mol. The van der Waals surface area contributed by atoms with Gasteiger partial charge in [-0.15, -0.1) is 13.2 Å². The molecule has 0 radical (unpaired) electrons. The highest BCUT2D eigenvalue weighted by atomic mass is 19.4. The van der Waals surface area contributed by atoms with Crippen LogP contribution in [-0.2, 0) is 6.61 Å². The molecule has 1 aromatic heterocycles. The second-order valence-electron chi connectivity index (χ2n) is 2.95. The highest BCUT2D eigenvalue weighted by Gasteiger charge is 2.33. The fourth-order valence-electron chi connectivity index (χ4n) is 1.22. The minimum absolute atomic E-state index is 0.00162. The molecule has 4 nitrogen and oxygen atoms in total. The van der Waals surface area contributed by atoms with Gasteiger partial charge in [-0.25, -0.2) is 0 Å². The summed E-state index contributed by atoms with van der Waals surface area (Å²) in [5.41, 5.74) is 0.297. The molecule has 90 valence electrons. The molecule has 0 aliphatic rings. The number of aromatic nitrogens is 1. The van der Waals surface area contributed by atoms with Crippen LogP contribution in [0.3, 0.4) is 0 Å². The first-order chi connectivity index (χ1) is 7.37. The van der Waals surface area contributed by atoms with E-state index >= 15 is 0 Å². The summed E-state index contributed by atoms with van der Waals surface area (Å²) in [6.45, 7) is 0.959. The zero-order valence-corrected chi connectivity index (χ0v) is 8.63. The number of ether oxygens (including phenoxy) is 2. The minimum atomic E-state index is -4.81. The number of aliphatic hydroxyl groups is 1. The van der Waals surface area contributed by atoms with Crippen molar-refractivity contribution in [2.75, 3.05) is 7.11 Å². The Bertz CT molecular complexity index is 379. The van der Waals surface area contributed by atoms with Gasteiger partial charge < -0.3 is 14.6 Å². The standard InChI is InChI=1S/C9H10F3NO3/c1-5-3-7(16-9(10,11)12)8(15-2)6(4-14)13-5/h3,14H,4H2,1-2H3. The predicted molar refractivity (Wildman–Crippen MR) is 48.1 cm³/mol. The van der Waals surface area contributed by atoms with Crippen molar-refractivity contribution in [1.29, 1.82) is 0 Å². The number of nitrogens with zero attached hydrogens (tertiary/aromatic N) is 1. The van der Waals surface area contributed by atoms with Crippen LogP contribution in [-0.4, -0.2) is 23.6 Å². The highest BCUT2D eigenvalue weighted by Crippen LogP contribution is 2.34. The zero-order chi connectivity index (χ0) is 12.3. The molecule has 7 heteroatoms. The maximum Gasteiger partial charge on any atom is 0.573 e.